The van der Waals surface area contributed by atoms with Crippen molar-refractivity contribution >= 4 is 15.8 Å². The van der Waals surface area contributed by atoms with Gasteiger partial charge in [0.2, 0.25) is 15.8 Å². The Morgan fingerprint density at radius 3 is 2.24 bits per heavy atom. The molecule has 1 aromatic heterocycles. The maximum atomic E-state index is 13.1. The molecule has 0 bridgehead atoms. The fourth-order valence-electron chi connectivity index (χ4n) is 3.44. The summed E-state index contributed by atoms with van der Waals surface area (Å²) < 4.78 is 33.4. The Hall–Kier alpha value is -2.71. The summed E-state index contributed by atoms with van der Waals surface area (Å²) in [6.45, 7) is 2.47. The number of benzene rings is 2. The van der Waals surface area contributed by atoms with E-state index in [9.17, 15) is 8.42 Å². The first kappa shape index (κ1) is 19.6. The van der Waals surface area contributed by atoms with E-state index in [1.807, 2.05) is 65.6 Å². The highest BCUT2D eigenvalue weighted by Crippen LogP contribution is 2.25. The lowest BCUT2D eigenvalue weighted by Crippen LogP contribution is -2.38. The van der Waals surface area contributed by atoms with Crippen LogP contribution in [0.4, 0.5) is 5.95 Å². The quantitative estimate of drug-likeness (QED) is 0.593. The molecule has 3 aromatic rings. The van der Waals surface area contributed by atoms with Crippen LogP contribution in [0.25, 0.3) is 5.69 Å². The van der Waals surface area contributed by atoms with Gasteiger partial charge in [-0.05, 0) is 30.5 Å². The third-order valence-electron chi connectivity index (χ3n) is 4.92. The Kier molecular flexibility index (Phi) is 5.92. The first-order valence-electron chi connectivity index (χ1n) is 9.75. The van der Waals surface area contributed by atoms with Crippen molar-refractivity contribution in [3.63, 3.8) is 0 Å². The number of ether oxygens (including phenoxy) is 1. The van der Waals surface area contributed by atoms with Crippen LogP contribution < -0.4 is 4.90 Å². The van der Waals surface area contributed by atoms with E-state index in [1.165, 1.54) is 0 Å². The predicted molar refractivity (Wildman–Crippen MR) is 111 cm³/mol. The number of hydrogen-bond acceptors (Lipinski definition) is 6. The second-order valence-corrected chi connectivity index (χ2v) is 8.96. The lowest BCUT2D eigenvalue weighted by atomic mass is 10.1. The molecule has 1 aliphatic rings. The molecular formula is C21H24N4O3S. The predicted octanol–water partition coefficient (Wildman–Crippen LogP) is 2.51. The largest absolute Gasteiger partial charge is 0.378 e. The van der Waals surface area contributed by atoms with Gasteiger partial charge in [0, 0.05) is 13.1 Å². The van der Waals surface area contributed by atoms with Gasteiger partial charge in [0.25, 0.3) is 5.16 Å². The minimum atomic E-state index is -3.60. The van der Waals surface area contributed by atoms with Gasteiger partial charge in [0.15, 0.2) is 0 Å². The number of morpholine rings is 1. The van der Waals surface area contributed by atoms with Crippen LogP contribution in [0.1, 0.15) is 12.0 Å². The molecule has 0 aliphatic carbocycles. The highest BCUT2D eigenvalue weighted by molar-refractivity contribution is 7.91. The molecule has 4 rings (SSSR count). The smallest absolute Gasteiger partial charge is 0.255 e. The molecule has 0 atom stereocenters. The van der Waals surface area contributed by atoms with Crippen LogP contribution in [0.15, 0.2) is 65.8 Å². The van der Waals surface area contributed by atoms with E-state index >= 15 is 0 Å². The molecule has 0 radical (unpaired) electrons. The highest BCUT2D eigenvalue weighted by atomic mass is 32.2. The second kappa shape index (κ2) is 8.75. The summed E-state index contributed by atoms with van der Waals surface area (Å²) in [7, 11) is -3.60. The van der Waals surface area contributed by atoms with E-state index in [0.717, 1.165) is 11.3 Å². The van der Waals surface area contributed by atoms with E-state index < -0.39 is 9.84 Å². The van der Waals surface area contributed by atoms with Crippen LogP contribution in [0.5, 0.6) is 0 Å². The van der Waals surface area contributed by atoms with Crippen LogP contribution in [-0.4, -0.2) is 55.2 Å². The normalized spacial score (nSPS) is 14.8. The molecule has 0 unspecified atom stereocenters. The Morgan fingerprint density at radius 2 is 1.55 bits per heavy atom. The summed E-state index contributed by atoms with van der Waals surface area (Å²) in [6, 6.07) is 19.3. The zero-order valence-corrected chi connectivity index (χ0v) is 17.0. The maximum Gasteiger partial charge on any atom is 0.255 e. The molecule has 0 amide bonds. The van der Waals surface area contributed by atoms with Gasteiger partial charge in [0.1, 0.15) is 0 Å². The SMILES string of the molecule is O=S(=O)(CCCc1ccccc1)c1nnc(N2CCOCC2)n1-c1ccccc1. The Balaban J connectivity index is 1.62. The lowest BCUT2D eigenvalue weighted by molar-refractivity contribution is 0.122. The number of aromatic nitrogens is 3. The number of rotatable bonds is 7. The first-order valence-corrected chi connectivity index (χ1v) is 11.4. The molecule has 152 valence electrons. The number of nitrogens with zero attached hydrogens (tertiary/aromatic N) is 4. The van der Waals surface area contributed by atoms with Gasteiger partial charge in [-0.25, -0.2) is 8.42 Å². The maximum absolute atomic E-state index is 13.1. The molecule has 8 heteroatoms. The van der Waals surface area contributed by atoms with Crippen LogP contribution in [0.2, 0.25) is 0 Å². The molecule has 0 N–H and O–H groups in total. The van der Waals surface area contributed by atoms with Crippen LogP contribution in [-0.2, 0) is 21.0 Å². The van der Waals surface area contributed by atoms with Crippen molar-refractivity contribution in [3.8, 4) is 5.69 Å². The second-order valence-electron chi connectivity index (χ2n) is 6.96. The summed E-state index contributed by atoms with van der Waals surface area (Å²) in [4.78, 5) is 2.02. The number of aryl methyl sites for hydroxylation is 1. The van der Waals surface area contributed by atoms with Gasteiger partial charge in [0.05, 0.1) is 24.7 Å². The summed E-state index contributed by atoms with van der Waals surface area (Å²) in [5.41, 5.74) is 1.86. The number of para-hydroxylation sites is 1. The Bertz CT molecular complexity index is 1030. The summed E-state index contributed by atoms with van der Waals surface area (Å²) in [5, 5.41) is 8.36. The van der Waals surface area contributed by atoms with Crippen molar-refractivity contribution in [2.45, 2.75) is 18.0 Å². The van der Waals surface area contributed by atoms with Crippen molar-refractivity contribution in [2.75, 3.05) is 37.0 Å². The van der Waals surface area contributed by atoms with Crippen molar-refractivity contribution in [2.24, 2.45) is 0 Å². The van der Waals surface area contributed by atoms with Gasteiger partial charge in [-0.3, -0.25) is 4.57 Å². The van der Waals surface area contributed by atoms with E-state index in [4.69, 9.17) is 4.74 Å². The summed E-state index contributed by atoms with van der Waals surface area (Å²) in [6.07, 6.45) is 1.23. The third-order valence-corrected chi connectivity index (χ3v) is 6.57. The van der Waals surface area contributed by atoms with E-state index in [0.29, 0.717) is 45.1 Å². The van der Waals surface area contributed by atoms with Crippen LogP contribution in [0.3, 0.4) is 0 Å². The minimum Gasteiger partial charge on any atom is -0.378 e. The van der Waals surface area contributed by atoms with Crippen molar-refractivity contribution in [3.05, 3.63) is 66.2 Å². The standard InChI is InChI=1S/C21H24N4O3S/c26-29(27,17-7-10-18-8-3-1-4-9-18)21-23-22-20(24-13-15-28-16-14-24)25(21)19-11-5-2-6-12-19/h1-6,8-9,11-12H,7,10,13-17H2. The third kappa shape index (κ3) is 4.49. The molecule has 2 aromatic carbocycles. The molecule has 29 heavy (non-hydrogen) atoms. The van der Waals surface area contributed by atoms with Crippen molar-refractivity contribution < 1.29 is 13.2 Å². The molecule has 1 fully saturated rings. The monoisotopic (exact) mass is 412 g/mol. The minimum absolute atomic E-state index is 0.00162. The van der Waals surface area contributed by atoms with E-state index in [1.54, 1.807) is 4.57 Å². The number of anilines is 1. The molecule has 0 spiro atoms. The molecule has 7 nitrogen and oxygen atoms in total. The van der Waals surface area contributed by atoms with Gasteiger partial charge >= 0.3 is 0 Å². The number of hydrogen-bond donors (Lipinski definition) is 0. The van der Waals surface area contributed by atoms with Gasteiger partial charge in [-0.2, -0.15) is 0 Å². The summed E-state index contributed by atoms with van der Waals surface area (Å²) >= 11 is 0. The zero-order valence-electron chi connectivity index (χ0n) is 16.1. The van der Waals surface area contributed by atoms with E-state index in [-0.39, 0.29) is 10.9 Å². The van der Waals surface area contributed by atoms with Crippen molar-refractivity contribution in [1.82, 2.24) is 14.8 Å². The molecule has 0 saturated carbocycles. The highest BCUT2D eigenvalue weighted by Gasteiger charge is 2.28. The van der Waals surface area contributed by atoms with Gasteiger partial charge in [-0.1, -0.05) is 48.5 Å². The van der Waals surface area contributed by atoms with E-state index in [2.05, 4.69) is 10.2 Å². The first-order chi connectivity index (χ1) is 14.1. The van der Waals surface area contributed by atoms with Crippen molar-refractivity contribution in [1.29, 1.82) is 0 Å². The van der Waals surface area contributed by atoms with Gasteiger partial charge < -0.3 is 9.64 Å². The molecular weight excluding hydrogens is 388 g/mol. The molecule has 1 aliphatic heterocycles. The average Bonchev–Trinajstić information content (AvgIpc) is 3.22. The fraction of sp³-hybridized carbons (Fsp3) is 0.333. The van der Waals surface area contributed by atoms with Crippen LogP contribution in [0, 0.1) is 0 Å². The average molecular weight is 413 g/mol. The zero-order chi connectivity index (χ0) is 20.1. The Morgan fingerprint density at radius 1 is 0.897 bits per heavy atom. The summed E-state index contributed by atoms with van der Waals surface area (Å²) in [5.74, 6) is 0.566. The Labute approximate surface area is 170 Å². The number of sulfone groups is 1. The van der Waals surface area contributed by atoms with Gasteiger partial charge in [-0.15, -0.1) is 10.2 Å². The topological polar surface area (TPSA) is 77.3 Å². The molecule has 2 heterocycles. The lowest BCUT2D eigenvalue weighted by Gasteiger charge is -2.27. The fourth-order valence-corrected chi connectivity index (χ4v) is 4.77. The molecule has 1 saturated heterocycles. The van der Waals surface area contributed by atoms with Crippen LogP contribution >= 0.6 is 0 Å².